The van der Waals surface area contributed by atoms with E-state index in [1.807, 2.05) is 74.6 Å². The molecule has 5 aliphatic heterocycles. The second-order valence-corrected chi connectivity index (χ2v) is 19.2. The molecule has 10 aromatic rings. The molecule has 0 saturated heterocycles. The van der Waals surface area contributed by atoms with Gasteiger partial charge in [0.1, 0.15) is 35.5 Å². The molecule has 6 nitrogen and oxygen atoms in total. The molecule has 332 valence electrons. The van der Waals surface area contributed by atoms with Crippen LogP contribution in [-0.2, 0) is 11.8 Å². The van der Waals surface area contributed by atoms with Gasteiger partial charge in [-0.05, 0) is 118 Å². The molecule has 0 radical (unpaired) electrons. The Kier molecular flexibility index (Phi) is 9.41. The van der Waals surface area contributed by atoms with Crippen molar-refractivity contribution in [3.05, 3.63) is 205 Å². The monoisotopic (exact) mass is 886 g/mol. The fourth-order valence-electron chi connectivity index (χ4n) is 9.96. The Bertz CT molecular complexity index is 3650. The van der Waals surface area contributed by atoms with Gasteiger partial charge in [0.25, 0.3) is 0 Å². The number of hydrogen-bond donors (Lipinski definition) is 0. The van der Waals surface area contributed by atoms with Gasteiger partial charge >= 0.3 is 0 Å². The van der Waals surface area contributed by atoms with E-state index in [2.05, 4.69) is 169 Å². The van der Waals surface area contributed by atoms with Gasteiger partial charge in [-0.15, -0.1) is 0 Å². The molecular formula is C62H52N4O2. The van der Waals surface area contributed by atoms with Crippen LogP contribution in [-0.4, -0.2) is 16.2 Å². The van der Waals surface area contributed by atoms with Crippen LogP contribution in [0.4, 0.5) is 22.7 Å². The van der Waals surface area contributed by atoms with Crippen molar-refractivity contribution in [3.63, 3.8) is 0 Å². The topological polar surface area (TPSA) is 42.8 Å². The lowest BCUT2D eigenvalue weighted by atomic mass is 9.86. The fraction of sp³-hybridized carbons (Fsp3) is 0.145. The van der Waals surface area contributed by atoms with Gasteiger partial charge in [0.15, 0.2) is 0 Å². The predicted octanol–water partition coefficient (Wildman–Crippen LogP) is 16.8. The summed E-state index contributed by atoms with van der Waals surface area (Å²) in [6.45, 7) is 11.2. The van der Waals surface area contributed by atoms with Crippen molar-refractivity contribution < 1.29 is 12.2 Å². The quantitative estimate of drug-likeness (QED) is 0.177. The van der Waals surface area contributed by atoms with Crippen LogP contribution in [0.2, 0.25) is 0 Å². The molecule has 0 unspecified atom stereocenters. The van der Waals surface area contributed by atoms with Gasteiger partial charge in [-0.1, -0.05) is 138 Å². The number of benzene rings is 8. The molecule has 0 aliphatic carbocycles. The van der Waals surface area contributed by atoms with Crippen LogP contribution in [0.1, 0.15) is 48.5 Å². The molecule has 2 aromatic heterocycles. The smallest absolute Gasteiger partial charge is 0.137 e. The lowest BCUT2D eigenvalue weighted by Gasteiger charge is -2.28. The van der Waals surface area contributed by atoms with Crippen LogP contribution in [0.15, 0.2) is 194 Å². The standard InChI is InChI=1S/C62H52N4O2/c1-40(2)31-44-33-60-63-38-55(44)43-17-13-18-48(32-43)67-47-27-25-42(26-28-47)52-21-14-20-51(41-15-7-6-8-16-41)61(52)65-39-64(57-23-11-12-24-58(57)65)46-34-45(62(3,4)5)35-50(36-46)68-49-29-30-54-53-19-9-10-22-56(53)66(60)59(54)37-49/h6-30,32-38,40H,31,39H2,1-5H3/i31D2. The summed E-state index contributed by atoms with van der Waals surface area (Å²) in [6.07, 6.45) is 0.120. The molecule has 8 aromatic carbocycles. The van der Waals surface area contributed by atoms with Crippen LogP contribution in [0.5, 0.6) is 23.0 Å². The Balaban J connectivity index is 1.11. The largest absolute Gasteiger partial charge is 0.457 e. The van der Waals surface area contributed by atoms with E-state index in [1.165, 1.54) is 0 Å². The Morgan fingerprint density at radius 1 is 0.544 bits per heavy atom. The molecule has 0 N–H and O–H groups in total. The van der Waals surface area contributed by atoms with E-state index in [0.29, 0.717) is 40.9 Å². The number of anilines is 4. The molecule has 12 bridgehead atoms. The van der Waals surface area contributed by atoms with Crippen molar-refractivity contribution in [3.8, 4) is 62.2 Å². The number of rotatable bonds is 3. The van der Waals surface area contributed by atoms with Gasteiger partial charge in [-0.2, -0.15) is 0 Å². The summed E-state index contributed by atoms with van der Waals surface area (Å²) in [5.74, 6) is 3.04. The van der Waals surface area contributed by atoms with E-state index in [4.69, 9.17) is 14.5 Å². The Labute approximate surface area is 401 Å². The zero-order valence-electron chi connectivity index (χ0n) is 40.9. The Morgan fingerprint density at radius 2 is 1.19 bits per heavy atom. The van der Waals surface area contributed by atoms with Crippen molar-refractivity contribution in [2.24, 2.45) is 5.92 Å². The first-order chi connectivity index (χ1) is 33.9. The van der Waals surface area contributed by atoms with Crippen molar-refractivity contribution in [1.82, 2.24) is 9.55 Å². The summed E-state index contributed by atoms with van der Waals surface area (Å²) in [5, 5.41) is 2.12. The first-order valence-electron chi connectivity index (χ1n) is 24.5. The minimum absolute atomic E-state index is 0.189. The molecule has 68 heavy (non-hydrogen) atoms. The fourth-order valence-corrected chi connectivity index (χ4v) is 9.96. The van der Waals surface area contributed by atoms with E-state index >= 15 is 0 Å². The van der Waals surface area contributed by atoms with Gasteiger partial charge in [-0.25, -0.2) is 4.98 Å². The van der Waals surface area contributed by atoms with Gasteiger partial charge in [0.2, 0.25) is 0 Å². The second kappa shape index (κ2) is 16.4. The van der Waals surface area contributed by atoms with E-state index in [9.17, 15) is 2.74 Å². The highest BCUT2D eigenvalue weighted by Crippen LogP contribution is 2.51. The summed E-state index contributed by atoms with van der Waals surface area (Å²) in [7, 11) is 0. The molecule has 0 fully saturated rings. The van der Waals surface area contributed by atoms with Gasteiger partial charge in [-0.3, -0.25) is 4.57 Å². The SMILES string of the molecule is [2H]C([2H])(c1cc2ncc1-c1cccc(c1)Oc1ccc(cc1)-c1cccc(-c3ccccc3)c1N1CN(c3cc(cc(C(C)(C)C)c3)Oc3ccc4c5ccccc5n-2c4c3)c2ccccc21)C(C)C. The number of aromatic nitrogens is 2. The van der Waals surface area contributed by atoms with Crippen LogP contribution in [0.3, 0.4) is 0 Å². The maximum Gasteiger partial charge on any atom is 0.137 e. The normalized spacial score (nSPS) is 13.7. The highest BCUT2D eigenvalue weighted by molar-refractivity contribution is 6.09. The first-order valence-corrected chi connectivity index (χ1v) is 23.5. The van der Waals surface area contributed by atoms with Gasteiger partial charge < -0.3 is 19.3 Å². The van der Waals surface area contributed by atoms with Crippen molar-refractivity contribution in [2.75, 3.05) is 16.5 Å². The number of nitrogens with zero attached hydrogens (tertiary/aromatic N) is 4. The van der Waals surface area contributed by atoms with Crippen LogP contribution in [0.25, 0.3) is 61.0 Å². The molecule has 0 atom stereocenters. The van der Waals surface area contributed by atoms with Crippen LogP contribution in [0, 0.1) is 5.92 Å². The van der Waals surface area contributed by atoms with E-state index in [-0.39, 0.29) is 11.3 Å². The van der Waals surface area contributed by atoms with Crippen molar-refractivity contribution in [2.45, 2.75) is 46.4 Å². The molecule has 0 amide bonds. The molecule has 6 heteroatoms. The zero-order chi connectivity index (χ0) is 47.9. The third-order valence-corrected chi connectivity index (χ3v) is 13.2. The van der Waals surface area contributed by atoms with Crippen LogP contribution >= 0.6 is 0 Å². The highest BCUT2D eigenvalue weighted by atomic mass is 16.5. The number of pyridine rings is 1. The molecule has 5 aliphatic rings. The average Bonchev–Trinajstić information content (AvgIpc) is 3.92. The summed E-state index contributed by atoms with van der Waals surface area (Å²) in [4.78, 5) is 10.0. The maximum absolute atomic E-state index is 9.56. The van der Waals surface area contributed by atoms with Gasteiger partial charge in [0.05, 0.1) is 28.1 Å². The van der Waals surface area contributed by atoms with Crippen molar-refractivity contribution in [1.29, 1.82) is 0 Å². The molecule has 0 saturated carbocycles. The number of para-hydroxylation sites is 4. The van der Waals surface area contributed by atoms with Crippen LogP contribution < -0.4 is 19.3 Å². The second-order valence-electron chi connectivity index (χ2n) is 19.2. The third-order valence-electron chi connectivity index (χ3n) is 13.2. The number of hydrogen-bond acceptors (Lipinski definition) is 5. The summed E-state index contributed by atoms with van der Waals surface area (Å²) in [6, 6.07) is 65.3. The summed E-state index contributed by atoms with van der Waals surface area (Å²) in [5.41, 5.74) is 13.7. The van der Waals surface area contributed by atoms with E-state index in [0.717, 1.165) is 83.7 Å². The number of ether oxygens (including phenoxy) is 2. The van der Waals surface area contributed by atoms with E-state index < -0.39 is 6.37 Å². The number of fused-ring (bicyclic) bond motifs is 3. The molecule has 0 spiro atoms. The summed E-state index contributed by atoms with van der Waals surface area (Å²) >= 11 is 0. The lowest BCUT2D eigenvalue weighted by molar-refractivity contribution is 0.479. The van der Waals surface area contributed by atoms with Gasteiger partial charge in [0, 0.05) is 54.2 Å². The lowest BCUT2D eigenvalue weighted by Crippen LogP contribution is -2.25. The highest BCUT2D eigenvalue weighted by Gasteiger charge is 2.32. The average molecular weight is 887 g/mol. The maximum atomic E-state index is 9.56. The predicted molar refractivity (Wildman–Crippen MR) is 281 cm³/mol. The molecule has 7 heterocycles. The summed E-state index contributed by atoms with van der Waals surface area (Å²) < 4.78 is 34.9. The Hall–Kier alpha value is -8.09. The molecule has 15 rings (SSSR count). The minimum atomic E-state index is -1.70. The minimum Gasteiger partial charge on any atom is -0.457 e. The molecular weight excluding hydrogens is 833 g/mol. The zero-order valence-corrected chi connectivity index (χ0v) is 38.9. The first kappa shape index (κ1) is 39.1. The Morgan fingerprint density at radius 3 is 1.97 bits per heavy atom. The third kappa shape index (κ3) is 7.33. The van der Waals surface area contributed by atoms with Crippen molar-refractivity contribution >= 4 is 44.6 Å². The van der Waals surface area contributed by atoms with E-state index in [1.54, 1.807) is 0 Å².